The van der Waals surface area contributed by atoms with Crippen LogP contribution < -0.4 is 9.47 Å². The third-order valence-corrected chi connectivity index (χ3v) is 3.31. The van der Waals surface area contributed by atoms with Gasteiger partial charge in [0.15, 0.2) is 0 Å². The molecule has 4 nitrogen and oxygen atoms in total. The first-order chi connectivity index (χ1) is 10.3. The molecule has 0 aliphatic carbocycles. The van der Waals surface area contributed by atoms with Gasteiger partial charge in [0.25, 0.3) is 0 Å². The number of aromatic nitrogens is 2. The van der Waals surface area contributed by atoms with E-state index in [1.165, 1.54) is 13.1 Å². The zero-order valence-electron chi connectivity index (χ0n) is 11.2. The van der Waals surface area contributed by atoms with Gasteiger partial charge >= 0.3 is 6.61 Å². The number of alkyl halides is 2. The van der Waals surface area contributed by atoms with Crippen molar-refractivity contribution < 1.29 is 22.6 Å². The Kier molecular flexibility index (Phi) is 5.08. The quantitative estimate of drug-likeness (QED) is 0.801. The molecule has 0 saturated heterocycles. The van der Waals surface area contributed by atoms with Crippen molar-refractivity contribution in [1.29, 1.82) is 0 Å². The number of hydrogen-bond donors (Lipinski definition) is 0. The molecule has 0 unspecified atom stereocenters. The van der Waals surface area contributed by atoms with Gasteiger partial charge in [-0.1, -0.05) is 23.2 Å². The Morgan fingerprint density at radius 3 is 2.64 bits per heavy atom. The monoisotopic (exact) mass is 353 g/mol. The molecule has 2 aromatic rings. The van der Waals surface area contributed by atoms with Crippen LogP contribution in [-0.4, -0.2) is 23.0 Å². The summed E-state index contributed by atoms with van der Waals surface area (Å²) >= 11 is 11.8. The maximum atomic E-state index is 14.1. The predicted octanol–water partition coefficient (Wildman–Crippen LogP) is 4.35. The second-order valence-electron chi connectivity index (χ2n) is 4.08. The van der Waals surface area contributed by atoms with Gasteiger partial charge in [0.05, 0.1) is 11.6 Å². The van der Waals surface area contributed by atoms with Gasteiger partial charge in [-0.3, -0.25) is 0 Å². The second-order valence-corrected chi connectivity index (χ2v) is 4.87. The first-order valence-electron chi connectivity index (χ1n) is 5.94. The Labute approximate surface area is 134 Å². The van der Waals surface area contributed by atoms with Crippen LogP contribution >= 0.6 is 23.2 Å². The van der Waals surface area contributed by atoms with Gasteiger partial charge in [0, 0.05) is 12.6 Å². The molecule has 22 heavy (non-hydrogen) atoms. The molecule has 0 amide bonds. The van der Waals surface area contributed by atoms with Gasteiger partial charge in [-0.25, -0.2) is 9.07 Å². The van der Waals surface area contributed by atoms with Gasteiger partial charge in [0.1, 0.15) is 22.3 Å². The van der Waals surface area contributed by atoms with E-state index in [0.29, 0.717) is 0 Å². The van der Waals surface area contributed by atoms with E-state index in [4.69, 9.17) is 27.9 Å². The Bertz CT molecular complexity index is 692. The van der Waals surface area contributed by atoms with E-state index in [-0.39, 0.29) is 39.5 Å². The van der Waals surface area contributed by atoms with Crippen molar-refractivity contribution >= 4 is 23.2 Å². The minimum absolute atomic E-state index is 0.0426. The Hall–Kier alpha value is -1.60. The van der Waals surface area contributed by atoms with E-state index in [1.54, 1.807) is 0 Å². The van der Waals surface area contributed by atoms with Crippen molar-refractivity contribution in [2.24, 2.45) is 7.05 Å². The van der Waals surface area contributed by atoms with Crippen LogP contribution in [0.25, 0.3) is 11.3 Å². The topological polar surface area (TPSA) is 36.3 Å². The van der Waals surface area contributed by atoms with Gasteiger partial charge in [-0.15, -0.1) is 0 Å². The number of rotatable bonds is 5. The zero-order chi connectivity index (χ0) is 16.4. The van der Waals surface area contributed by atoms with Crippen LogP contribution in [0, 0.1) is 12.7 Å². The molecule has 0 saturated carbocycles. The van der Waals surface area contributed by atoms with Crippen LogP contribution in [0.15, 0.2) is 12.1 Å². The molecule has 2 rings (SSSR count). The van der Waals surface area contributed by atoms with Crippen molar-refractivity contribution in [2.45, 2.75) is 6.61 Å². The molecule has 1 heterocycles. The fourth-order valence-corrected chi connectivity index (χ4v) is 2.31. The Morgan fingerprint density at radius 1 is 1.36 bits per heavy atom. The summed E-state index contributed by atoms with van der Waals surface area (Å²) in [6.45, 7) is 0.479. The maximum Gasteiger partial charge on any atom is 0.388 e. The SMILES string of the molecule is [CH2]COc1cc(-c2nn(C)c(OC(F)F)c2Cl)c(F)cc1Cl. The lowest BCUT2D eigenvalue weighted by molar-refractivity contribution is -0.0552. The van der Waals surface area contributed by atoms with E-state index in [1.807, 2.05) is 0 Å². The van der Waals surface area contributed by atoms with Gasteiger partial charge in [-0.05, 0) is 19.1 Å². The first-order valence-corrected chi connectivity index (χ1v) is 6.69. The van der Waals surface area contributed by atoms with E-state index < -0.39 is 12.4 Å². The standard InChI is InChI=1S/C13H10Cl2F3N2O2/c1-3-21-9-4-6(8(16)5-7(9)14)11-10(15)12(20(2)19-11)22-13(17)18/h4-5,13H,1,3H2,2H3. The number of ether oxygens (including phenoxy) is 2. The average Bonchev–Trinajstić information content (AvgIpc) is 2.69. The molecule has 1 aromatic heterocycles. The van der Waals surface area contributed by atoms with Crippen LogP contribution in [0.2, 0.25) is 10.0 Å². The summed E-state index contributed by atoms with van der Waals surface area (Å²) in [5, 5.41) is 3.69. The number of nitrogens with zero attached hydrogens (tertiary/aromatic N) is 2. The molecular weight excluding hydrogens is 344 g/mol. The zero-order valence-corrected chi connectivity index (χ0v) is 12.8. The minimum atomic E-state index is -3.08. The smallest absolute Gasteiger partial charge is 0.388 e. The Morgan fingerprint density at radius 2 is 2.05 bits per heavy atom. The summed E-state index contributed by atoms with van der Waals surface area (Å²) in [4.78, 5) is 0. The molecule has 119 valence electrons. The molecule has 1 aromatic carbocycles. The van der Waals surface area contributed by atoms with Gasteiger partial charge in [-0.2, -0.15) is 13.9 Å². The molecule has 0 aliphatic rings. The molecule has 0 bridgehead atoms. The molecule has 0 aliphatic heterocycles. The molecule has 0 fully saturated rings. The molecular formula is C13H10Cl2F3N2O2. The number of hydrogen-bond acceptors (Lipinski definition) is 3. The number of halogens is 5. The van der Waals surface area contributed by atoms with E-state index >= 15 is 0 Å². The maximum absolute atomic E-state index is 14.1. The summed E-state index contributed by atoms with van der Waals surface area (Å²) < 4.78 is 49.2. The fourth-order valence-electron chi connectivity index (χ4n) is 1.80. The van der Waals surface area contributed by atoms with E-state index in [9.17, 15) is 13.2 Å². The van der Waals surface area contributed by atoms with Gasteiger partial charge in [0.2, 0.25) is 5.88 Å². The number of benzene rings is 1. The van der Waals surface area contributed by atoms with E-state index in [0.717, 1.165) is 10.7 Å². The molecule has 0 atom stereocenters. The third-order valence-electron chi connectivity index (χ3n) is 2.67. The Balaban J connectivity index is 2.54. The van der Waals surface area contributed by atoms with E-state index in [2.05, 4.69) is 16.8 Å². The lowest BCUT2D eigenvalue weighted by atomic mass is 10.1. The van der Waals surface area contributed by atoms with Crippen molar-refractivity contribution in [1.82, 2.24) is 9.78 Å². The largest absolute Gasteiger partial charge is 0.492 e. The van der Waals surface area contributed by atoms with Crippen molar-refractivity contribution in [3.63, 3.8) is 0 Å². The highest BCUT2D eigenvalue weighted by molar-refractivity contribution is 6.34. The van der Waals surface area contributed by atoms with Crippen molar-refractivity contribution in [3.05, 3.63) is 34.9 Å². The van der Waals surface area contributed by atoms with Crippen LogP contribution in [0.1, 0.15) is 0 Å². The van der Waals surface area contributed by atoms with Crippen LogP contribution in [0.3, 0.4) is 0 Å². The highest BCUT2D eigenvalue weighted by Crippen LogP contribution is 2.39. The first kappa shape index (κ1) is 16.8. The molecule has 1 radical (unpaired) electrons. The summed E-state index contributed by atoms with van der Waals surface area (Å²) in [5.74, 6) is -0.934. The minimum Gasteiger partial charge on any atom is -0.492 e. The summed E-state index contributed by atoms with van der Waals surface area (Å²) in [6, 6.07) is 2.28. The van der Waals surface area contributed by atoms with Crippen LogP contribution in [0.5, 0.6) is 11.6 Å². The molecule has 0 N–H and O–H groups in total. The third kappa shape index (κ3) is 3.25. The van der Waals surface area contributed by atoms with Crippen LogP contribution in [-0.2, 0) is 7.05 Å². The lowest BCUT2D eigenvalue weighted by Crippen LogP contribution is -2.06. The highest BCUT2D eigenvalue weighted by Gasteiger charge is 2.23. The summed E-state index contributed by atoms with van der Waals surface area (Å²) in [7, 11) is 1.34. The normalized spacial score (nSPS) is 11.1. The van der Waals surface area contributed by atoms with Crippen molar-refractivity contribution in [2.75, 3.05) is 6.61 Å². The predicted molar refractivity (Wildman–Crippen MR) is 76.1 cm³/mol. The fraction of sp³-hybridized carbons (Fsp3) is 0.231. The second kappa shape index (κ2) is 6.66. The van der Waals surface area contributed by atoms with Crippen molar-refractivity contribution in [3.8, 4) is 22.9 Å². The van der Waals surface area contributed by atoms with Crippen LogP contribution in [0.4, 0.5) is 13.2 Å². The summed E-state index contributed by atoms with van der Waals surface area (Å²) in [5.41, 5.74) is -0.125. The number of aryl methyl sites for hydroxylation is 1. The molecule has 0 spiro atoms. The lowest BCUT2D eigenvalue weighted by Gasteiger charge is -2.08. The highest BCUT2D eigenvalue weighted by atomic mass is 35.5. The average molecular weight is 354 g/mol. The summed E-state index contributed by atoms with van der Waals surface area (Å²) in [6.07, 6.45) is 0. The van der Waals surface area contributed by atoms with Gasteiger partial charge < -0.3 is 9.47 Å². The molecule has 9 heteroatoms.